The zero-order valence-corrected chi connectivity index (χ0v) is 19.7. The molecule has 0 radical (unpaired) electrons. The normalized spacial score (nSPS) is 12.2. The fourth-order valence-electron chi connectivity index (χ4n) is 3.67. The minimum atomic E-state index is -0.811. The Hall–Kier alpha value is -0.710. The van der Waals surface area contributed by atoms with Gasteiger partial charge in [-0.3, -0.25) is 9.59 Å². The van der Waals surface area contributed by atoms with Gasteiger partial charge < -0.3 is 10.2 Å². The standard InChI is InChI=1S/C24H46O4S/c1-2-3-4-5-6-7-8-9-10-11-12-13-14-15-16-17-18-22(21-24(27)28)29-20-19-23(25)26/h22H,2-21H2,1H3,(H,25,26)(H,27,28). The molecule has 0 amide bonds. The van der Waals surface area contributed by atoms with Crippen LogP contribution in [-0.4, -0.2) is 33.2 Å². The summed E-state index contributed by atoms with van der Waals surface area (Å²) in [7, 11) is 0. The van der Waals surface area contributed by atoms with Crippen molar-refractivity contribution in [3.8, 4) is 0 Å². The predicted molar refractivity (Wildman–Crippen MR) is 125 cm³/mol. The molecule has 0 aliphatic rings. The number of carboxylic acid groups (broad SMARTS) is 2. The number of aliphatic carboxylic acids is 2. The van der Waals surface area contributed by atoms with Gasteiger partial charge in [0.15, 0.2) is 0 Å². The number of carbonyl (C=O) groups is 2. The summed E-state index contributed by atoms with van der Waals surface area (Å²) < 4.78 is 0. The molecule has 0 saturated carbocycles. The molecule has 4 nitrogen and oxygen atoms in total. The topological polar surface area (TPSA) is 74.6 Å². The fraction of sp³-hybridized carbons (Fsp3) is 0.917. The molecule has 0 bridgehead atoms. The Morgan fingerprint density at radius 1 is 0.655 bits per heavy atom. The highest BCUT2D eigenvalue weighted by molar-refractivity contribution is 7.99. The lowest BCUT2D eigenvalue weighted by Crippen LogP contribution is -2.11. The van der Waals surface area contributed by atoms with E-state index in [1.165, 1.54) is 102 Å². The van der Waals surface area contributed by atoms with Crippen molar-refractivity contribution in [1.82, 2.24) is 0 Å². The second kappa shape index (κ2) is 22.0. The summed E-state index contributed by atoms with van der Waals surface area (Å²) in [6.45, 7) is 2.27. The monoisotopic (exact) mass is 430 g/mol. The zero-order valence-electron chi connectivity index (χ0n) is 18.8. The van der Waals surface area contributed by atoms with Crippen LogP contribution in [0.2, 0.25) is 0 Å². The largest absolute Gasteiger partial charge is 0.481 e. The van der Waals surface area contributed by atoms with Crippen LogP contribution in [0.1, 0.15) is 129 Å². The van der Waals surface area contributed by atoms with E-state index in [1.54, 1.807) is 0 Å². The molecule has 0 aromatic heterocycles. The van der Waals surface area contributed by atoms with Crippen LogP contribution in [0.15, 0.2) is 0 Å². The lowest BCUT2D eigenvalue weighted by Gasteiger charge is -2.13. The predicted octanol–water partition coefficient (Wildman–Crippen LogP) is 7.69. The van der Waals surface area contributed by atoms with Gasteiger partial charge in [0.1, 0.15) is 0 Å². The van der Waals surface area contributed by atoms with Crippen molar-refractivity contribution in [3.63, 3.8) is 0 Å². The van der Waals surface area contributed by atoms with E-state index in [9.17, 15) is 9.59 Å². The first-order chi connectivity index (χ1) is 14.1. The first-order valence-electron chi connectivity index (χ1n) is 12.1. The Morgan fingerprint density at radius 3 is 1.45 bits per heavy atom. The van der Waals surface area contributed by atoms with Crippen molar-refractivity contribution in [1.29, 1.82) is 0 Å². The van der Waals surface area contributed by atoms with Crippen LogP contribution < -0.4 is 0 Å². The molecular weight excluding hydrogens is 384 g/mol. The highest BCUT2D eigenvalue weighted by atomic mass is 32.2. The lowest BCUT2D eigenvalue weighted by molar-refractivity contribution is -0.137. The SMILES string of the molecule is CCCCCCCCCCCCCCCCCCC(CC(=O)O)SCCC(=O)O. The Morgan fingerprint density at radius 2 is 1.07 bits per heavy atom. The molecule has 0 spiro atoms. The summed E-state index contributed by atoms with van der Waals surface area (Å²) in [5.41, 5.74) is 0. The summed E-state index contributed by atoms with van der Waals surface area (Å²) >= 11 is 1.50. The highest BCUT2D eigenvalue weighted by Gasteiger charge is 2.14. The molecule has 0 fully saturated rings. The number of hydrogen-bond donors (Lipinski definition) is 2. The molecule has 0 aliphatic carbocycles. The molecular formula is C24H46O4S. The van der Waals surface area contributed by atoms with Gasteiger partial charge in [0.25, 0.3) is 0 Å². The minimum absolute atomic E-state index is 0.0542. The smallest absolute Gasteiger partial charge is 0.304 e. The van der Waals surface area contributed by atoms with Gasteiger partial charge in [-0.15, -0.1) is 0 Å². The van der Waals surface area contributed by atoms with Crippen molar-refractivity contribution in [3.05, 3.63) is 0 Å². The van der Waals surface area contributed by atoms with Crippen LogP contribution in [0.4, 0.5) is 0 Å². The Balaban J connectivity index is 3.40. The molecule has 5 heteroatoms. The minimum Gasteiger partial charge on any atom is -0.481 e. The van der Waals surface area contributed by atoms with Gasteiger partial charge >= 0.3 is 11.9 Å². The summed E-state index contributed by atoms with van der Waals surface area (Å²) in [5.74, 6) is -1.09. The van der Waals surface area contributed by atoms with E-state index < -0.39 is 11.9 Å². The van der Waals surface area contributed by atoms with Crippen molar-refractivity contribution in [2.24, 2.45) is 0 Å². The van der Waals surface area contributed by atoms with Gasteiger partial charge in [0.05, 0.1) is 12.8 Å². The molecule has 2 N–H and O–H groups in total. The molecule has 0 heterocycles. The summed E-state index contributed by atoms with van der Waals surface area (Å²) in [6, 6.07) is 0. The average Bonchev–Trinajstić information content (AvgIpc) is 2.66. The third-order valence-electron chi connectivity index (χ3n) is 5.45. The van der Waals surface area contributed by atoms with Crippen LogP contribution >= 0.6 is 11.8 Å². The van der Waals surface area contributed by atoms with E-state index in [1.807, 2.05) is 0 Å². The Labute approximate surface area is 183 Å². The van der Waals surface area contributed by atoms with Gasteiger partial charge in [-0.1, -0.05) is 110 Å². The van der Waals surface area contributed by atoms with Crippen molar-refractivity contribution in [2.45, 2.75) is 134 Å². The van der Waals surface area contributed by atoms with E-state index >= 15 is 0 Å². The Kier molecular flexibility index (Phi) is 21.4. The first-order valence-corrected chi connectivity index (χ1v) is 13.2. The maximum atomic E-state index is 10.9. The van der Waals surface area contributed by atoms with E-state index in [-0.39, 0.29) is 18.1 Å². The van der Waals surface area contributed by atoms with E-state index in [0.29, 0.717) is 5.75 Å². The van der Waals surface area contributed by atoms with Crippen molar-refractivity contribution < 1.29 is 19.8 Å². The maximum absolute atomic E-state index is 10.9. The van der Waals surface area contributed by atoms with Gasteiger partial charge in [0, 0.05) is 11.0 Å². The second-order valence-electron chi connectivity index (χ2n) is 8.33. The van der Waals surface area contributed by atoms with E-state index in [4.69, 9.17) is 10.2 Å². The molecule has 0 aliphatic heterocycles. The van der Waals surface area contributed by atoms with Gasteiger partial charge in [-0.25, -0.2) is 0 Å². The Bertz CT molecular complexity index is 387. The van der Waals surface area contributed by atoms with Gasteiger partial charge in [0.2, 0.25) is 0 Å². The average molecular weight is 431 g/mol. The molecule has 1 unspecified atom stereocenters. The number of unbranched alkanes of at least 4 members (excludes halogenated alkanes) is 15. The zero-order chi connectivity index (χ0) is 21.6. The maximum Gasteiger partial charge on any atom is 0.304 e. The summed E-state index contributed by atoms with van der Waals surface area (Å²) in [4.78, 5) is 21.5. The molecule has 0 aromatic rings. The van der Waals surface area contributed by atoms with Crippen LogP contribution in [0.3, 0.4) is 0 Å². The lowest BCUT2D eigenvalue weighted by atomic mass is 10.0. The van der Waals surface area contributed by atoms with Crippen molar-refractivity contribution in [2.75, 3.05) is 5.75 Å². The van der Waals surface area contributed by atoms with Crippen LogP contribution in [-0.2, 0) is 9.59 Å². The summed E-state index contributed by atoms with van der Waals surface area (Å²) in [5, 5.41) is 17.8. The molecule has 172 valence electrons. The van der Waals surface area contributed by atoms with Crippen molar-refractivity contribution >= 4 is 23.7 Å². The fourth-order valence-corrected chi connectivity index (χ4v) is 4.89. The van der Waals surface area contributed by atoms with Gasteiger partial charge in [-0.05, 0) is 6.42 Å². The highest BCUT2D eigenvalue weighted by Crippen LogP contribution is 2.23. The van der Waals surface area contributed by atoms with Crippen LogP contribution in [0, 0.1) is 0 Å². The third kappa shape index (κ3) is 23.4. The van der Waals surface area contributed by atoms with Crippen LogP contribution in [0.5, 0.6) is 0 Å². The number of thioether (sulfide) groups is 1. The number of hydrogen-bond acceptors (Lipinski definition) is 3. The number of rotatable bonds is 23. The first kappa shape index (κ1) is 28.3. The summed E-state index contributed by atoms with van der Waals surface area (Å²) in [6.07, 6.45) is 22.5. The molecule has 29 heavy (non-hydrogen) atoms. The van der Waals surface area contributed by atoms with E-state index in [2.05, 4.69) is 6.92 Å². The molecule has 0 rings (SSSR count). The third-order valence-corrected chi connectivity index (χ3v) is 6.77. The second-order valence-corrected chi connectivity index (χ2v) is 9.73. The quantitative estimate of drug-likeness (QED) is 0.162. The van der Waals surface area contributed by atoms with E-state index in [0.717, 1.165) is 19.3 Å². The van der Waals surface area contributed by atoms with Crippen LogP contribution in [0.25, 0.3) is 0 Å². The molecule has 1 atom stereocenters. The molecule has 0 aromatic carbocycles. The van der Waals surface area contributed by atoms with Gasteiger partial charge in [-0.2, -0.15) is 11.8 Å². The molecule has 0 saturated heterocycles. The number of carboxylic acids is 2.